The maximum absolute atomic E-state index is 5.54. The van der Waals surface area contributed by atoms with Crippen LogP contribution in [0, 0.1) is 0 Å². The molecule has 0 aromatic heterocycles. The summed E-state index contributed by atoms with van der Waals surface area (Å²) >= 11 is 0. The van der Waals surface area contributed by atoms with Crippen molar-refractivity contribution in [1.29, 1.82) is 0 Å². The molecule has 0 atom stereocenters. The van der Waals surface area contributed by atoms with Crippen LogP contribution in [0.5, 0.6) is 5.75 Å². The molecule has 0 unspecified atom stereocenters. The third kappa shape index (κ3) is 5.02. The summed E-state index contributed by atoms with van der Waals surface area (Å²) in [4.78, 5) is 4.98. The van der Waals surface area contributed by atoms with Crippen molar-refractivity contribution in [1.82, 2.24) is 10.2 Å². The molecular formula is C26H31N3O. The normalized spacial score (nSPS) is 14.8. The van der Waals surface area contributed by atoms with Crippen molar-refractivity contribution in [2.45, 2.75) is 6.04 Å². The highest BCUT2D eigenvalue weighted by Crippen LogP contribution is 2.28. The molecule has 4 nitrogen and oxygen atoms in total. The van der Waals surface area contributed by atoms with Crippen molar-refractivity contribution in [2.75, 3.05) is 51.3 Å². The van der Waals surface area contributed by atoms with Gasteiger partial charge in [0, 0.05) is 39.3 Å². The van der Waals surface area contributed by atoms with Crippen LogP contribution in [-0.4, -0.2) is 51.3 Å². The number of anilines is 1. The Hall–Kier alpha value is -2.82. The Labute approximate surface area is 180 Å². The minimum absolute atomic E-state index is 0.224. The number of ether oxygens (including phenoxy) is 1. The summed E-state index contributed by atoms with van der Waals surface area (Å²) in [6.45, 7) is 6.21. The van der Waals surface area contributed by atoms with Crippen LogP contribution in [0.3, 0.4) is 0 Å². The fraction of sp³-hybridized carbons (Fsp3) is 0.308. The van der Waals surface area contributed by atoms with Gasteiger partial charge in [0.05, 0.1) is 18.8 Å². The summed E-state index contributed by atoms with van der Waals surface area (Å²) in [7, 11) is 1.75. The summed E-state index contributed by atoms with van der Waals surface area (Å²) in [5.74, 6) is 0.959. The van der Waals surface area contributed by atoms with Crippen LogP contribution in [-0.2, 0) is 0 Å². The number of hydrogen-bond acceptors (Lipinski definition) is 4. The smallest absolute Gasteiger partial charge is 0.142 e. The highest BCUT2D eigenvalue weighted by molar-refractivity contribution is 5.58. The monoisotopic (exact) mass is 401 g/mol. The van der Waals surface area contributed by atoms with E-state index in [1.54, 1.807) is 7.11 Å². The second-order valence-corrected chi connectivity index (χ2v) is 7.71. The Morgan fingerprint density at radius 1 is 0.767 bits per heavy atom. The van der Waals surface area contributed by atoms with Crippen LogP contribution >= 0.6 is 0 Å². The van der Waals surface area contributed by atoms with Crippen LogP contribution in [0.4, 0.5) is 5.69 Å². The Balaban J connectivity index is 1.31. The number of nitrogens with zero attached hydrogens (tertiary/aromatic N) is 2. The van der Waals surface area contributed by atoms with Crippen molar-refractivity contribution in [3.8, 4) is 5.75 Å². The van der Waals surface area contributed by atoms with Gasteiger partial charge in [0.25, 0.3) is 0 Å². The summed E-state index contributed by atoms with van der Waals surface area (Å²) in [6.07, 6.45) is 0. The van der Waals surface area contributed by atoms with Gasteiger partial charge in [-0.15, -0.1) is 0 Å². The van der Waals surface area contributed by atoms with E-state index in [1.807, 2.05) is 12.1 Å². The van der Waals surface area contributed by atoms with Crippen LogP contribution in [0.1, 0.15) is 17.2 Å². The molecule has 1 aliphatic rings. The zero-order valence-electron chi connectivity index (χ0n) is 17.7. The first-order valence-electron chi connectivity index (χ1n) is 10.8. The Kier molecular flexibility index (Phi) is 7.01. The second kappa shape index (κ2) is 10.3. The molecule has 4 heteroatoms. The van der Waals surface area contributed by atoms with Gasteiger partial charge >= 0.3 is 0 Å². The fourth-order valence-electron chi connectivity index (χ4n) is 4.19. The second-order valence-electron chi connectivity index (χ2n) is 7.71. The lowest BCUT2D eigenvalue weighted by molar-refractivity contribution is 0.255. The molecule has 3 aromatic rings. The Morgan fingerprint density at radius 3 is 1.93 bits per heavy atom. The van der Waals surface area contributed by atoms with E-state index >= 15 is 0 Å². The van der Waals surface area contributed by atoms with Crippen LogP contribution in [0.2, 0.25) is 0 Å². The molecule has 0 amide bonds. The standard InChI is InChI=1S/C26H31N3O/c1-30-25-15-9-8-14-24(25)29-20-18-28(19-21-29)17-16-27-26(22-10-4-2-5-11-22)23-12-6-3-7-13-23/h2-15,26-27H,16-21H2,1H3. The third-order valence-electron chi connectivity index (χ3n) is 5.84. The van der Waals surface area contributed by atoms with Crippen LogP contribution in [0.15, 0.2) is 84.9 Å². The molecule has 0 spiro atoms. The van der Waals surface area contributed by atoms with E-state index in [4.69, 9.17) is 4.74 Å². The molecule has 0 saturated carbocycles. The molecule has 156 valence electrons. The van der Waals surface area contributed by atoms with Gasteiger partial charge in [-0.2, -0.15) is 0 Å². The molecule has 1 heterocycles. The first-order valence-corrected chi connectivity index (χ1v) is 10.8. The van der Waals surface area contributed by atoms with Crippen molar-refractivity contribution in [3.05, 3.63) is 96.1 Å². The van der Waals surface area contributed by atoms with Gasteiger partial charge in [0.2, 0.25) is 0 Å². The number of hydrogen-bond donors (Lipinski definition) is 1. The van der Waals surface area contributed by atoms with Gasteiger partial charge in [-0.3, -0.25) is 4.90 Å². The summed E-state index contributed by atoms with van der Waals surface area (Å²) in [6, 6.07) is 30.0. The molecule has 4 rings (SSSR count). The van der Waals surface area contributed by atoms with Crippen molar-refractivity contribution in [2.24, 2.45) is 0 Å². The van der Waals surface area contributed by atoms with E-state index in [-0.39, 0.29) is 6.04 Å². The number of methoxy groups -OCH3 is 1. The first-order chi connectivity index (χ1) is 14.8. The van der Waals surface area contributed by atoms with Gasteiger partial charge in [-0.25, -0.2) is 0 Å². The number of para-hydroxylation sites is 2. The molecule has 0 aliphatic carbocycles. The lowest BCUT2D eigenvalue weighted by atomic mass is 9.99. The van der Waals surface area contributed by atoms with Crippen LogP contribution in [0.25, 0.3) is 0 Å². The van der Waals surface area contributed by atoms with Gasteiger partial charge in [-0.1, -0.05) is 72.8 Å². The van der Waals surface area contributed by atoms with E-state index in [9.17, 15) is 0 Å². The van der Waals surface area contributed by atoms with Crippen molar-refractivity contribution in [3.63, 3.8) is 0 Å². The Bertz CT molecular complexity index is 853. The molecule has 3 aromatic carbocycles. The molecule has 1 saturated heterocycles. The molecule has 30 heavy (non-hydrogen) atoms. The fourth-order valence-corrected chi connectivity index (χ4v) is 4.19. The van der Waals surface area contributed by atoms with E-state index in [2.05, 4.69) is 87.9 Å². The van der Waals surface area contributed by atoms with Crippen molar-refractivity contribution >= 4 is 5.69 Å². The summed E-state index contributed by atoms with van der Waals surface area (Å²) in [5.41, 5.74) is 3.82. The highest BCUT2D eigenvalue weighted by atomic mass is 16.5. The zero-order chi connectivity index (χ0) is 20.6. The average Bonchev–Trinajstić information content (AvgIpc) is 2.83. The summed E-state index contributed by atoms with van der Waals surface area (Å²) < 4.78 is 5.54. The molecule has 0 radical (unpaired) electrons. The lowest BCUT2D eigenvalue weighted by Gasteiger charge is -2.36. The average molecular weight is 402 g/mol. The Morgan fingerprint density at radius 2 is 1.33 bits per heavy atom. The summed E-state index contributed by atoms with van der Waals surface area (Å²) in [5, 5.41) is 3.79. The van der Waals surface area contributed by atoms with Gasteiger partial charge in [0.1, 0.15) is 5.75 Å². The SMILES string of the molecule is COc1ccccc1N1CCN(CCNC(c2ccccc2)c2ccccc2)CC1. The topological polar surface area (TPSA) is 27.7 Å². The number of benzene rings is 3. The maximum atomic E-state index is 5.54. The first kappa shape index (κ1) is 20.5. The predicted octanol–water partition coefficient (Wildman–Crippen LogP) is 4.20. The van der Waals surface area contributed by atoms with Gasteiger partial charge < -0.3 is 15.0 Å². The van der Waals surface area contributed by atoms with Gasteiger partial charge in [0.15, 0.2) is 0 Å². The van der Waals surface area contributed by atoms with E-state index in [0.717, 1.165) is 45.0 Å². The quantitative estimate of drug-likeness (QED) is 0.612. The van der Waals surface area contributed by atoms with E-state index < -0.39 is 0 Å². The molecular weight excluding hydrogens is 370 g/mol. The number of nitrogens with one attached hydrogen (secondary N) is 1. The molecule has 1 aliphatic heterocycles. The van der Waals surface area contributed by atoms with Gasteiger partial charge in [-0.05, 0) is 23.3 Å². The number of piperazine rings is 1. The third-order valence-corrected chi connectivity index (χ3v) is 5.84. The highest BCUT2D eigenvalue weighted by Gasteiger charge is 2.20. The largest absolute Gasteiger partial charge is 0.495 e. The van der Waals surface area contributed by atoms with Crippen molar-refractivity contribution < 1.29 is 4.74 Å². The molecule has 1 fully saturated rings. The predicted molar refractivity (Wildman–Crippen MR) is 124 cm³/mol. The molecule has 0 bridgehead atoms. The zero-order valence-corrected chi connectivity index (χ0v) is 17.7. The van der Waals surface area contributed by atoms with Crippen LogP contribution < -0.4 is 15.0 Å². The minimum atomic E-state index is 0.224. The maximum Gasteiger partial charge on any atom is 0.142 e. The number of rotatable bonds is 8. The van der Waals surface area contributed by atoms with E-state index in [1.165, 1.54) is 16.8 Å². The lowest BCUT2D eigenvalue weighted by Crippen LogP contribution is -2.48. The molecule has 1 N–H and O–H groups in total. The minimum Gasteiger partial charge on any atom is -0.495 e. The van der Waals surface area contributed by atoms with E-state index in [0.29, 0.717) is 0 Å².